The lowest BCUT2D eigenvalue weighted by Gasteiger charge is -2.34. The third-order valence-corrected chi connectivity index (χ3v) is 2.95. The number of hydrogen-bond donors (Lipinski definition) is 0. The molecule has 3 nitrogen and oxygen atoms in total. The number of piperazine rings is 1. The summed E-state index contributed by atoms with van der Waals surface area (Å²) in [4.78, 5) is 16.3. The van der Waals surface area contributed by atoms with E-state index in [1.54, 1.807) is 0 Å². The van der Waals surface area contributed by atoms with E-state index in [4.69, 9.17) is 0 Å². The van der Waals surface area contributed by atoms with Gasteiger partial charge >= 0.3 is 0 Å². The first-order chi connectivity index (χ1) is 7.19. The molecular formula is C12H22N2O. The zero-order valence-electron chi connectivity index (χ0n) is 10.1. The number of carbonyl (C=O) groups is 1. The molecule has 0 aromatic heterocycles. The van der Waals surface area contributed by atoms with Crippen LogP contribution in [-0.2, 0) is 4.79 Å². The molecule has 1 aliphatic heterocycles. The Labute approximate surface area is 92.7 Å². The summed E-state index contributed by atoms with van der Waals surface area (Å²) in [5.74, 6) is 0.215. The molecular weight excluding hydrogens is 188 g/mol. The minimum Gasteiger partial charge on any atom is -0.336 e. The van der Waals surface area contributed by atoms with Crippen molar-refractivity contribution in [3.05, 3.63) is 11.6 Å². The van der Waals surface area contributed by atoms with Crippen molar-refractivity contribution in [2.75, 3.05) is 32.7 Å². The lowest BCUT2D eigenvalue weighted by molar-refractivity contribution is -0.128. The molecule has 0 radical (unpaired) electrons. The van der Waals surface area contributed by atoms with E-state index in [0.29, 0.717) is 0 Å². The van der Waals surface area contributed by atoms with E-state index in [9.17, 15) is 4.79 Å². The molecule has 0 aromatic rings. The van der Waals surface area contributed by atoms with Crippen LogP contribution >= 0.6 is 0 Å². The Hall–Kier alpha value is -0.830. The minimum atomic E-state index is 0.215. The molecule has 0 saturated carbocycles. The highest BCUT2D eigenvalue weighted by molar-refractivity contribution is 5.92. The Kier molecular flexibility index (Phi) is 4.82. The van der Waals surface area contributed by atoms with Crippen molar-refractivity contribution < 1.29 is 4.79 Å². The zero-order chi connectivity index (χ0) is 11.3. The second kappa shape index (κ2) is 5.91. The van der Waals surface area contributed by atoms with Gasteiger partial charge in [-0.15, -0.1) is 0 Å². The molecule has 0 spiro atoms. The smallest absolute Gasteiger partial charge is 0.249 e. The van der Waals surface area contributed by atoms with Gasteiger partial charge in [0.15, 0.2) is 0 Å². The van der Waals surface area contributed by atoms with E-state index in [-0.39, 0.29) is 5.91 Å². The summed E-state index contributed by atoms with van der Waals surface area (Å²) in [6, 6.07) is 0. The van der Waals surface area contributed by atoms with Gasteiger partial charge < -0.3 is 9.80 Å². The summed E-state index contributed by atoms with van der Waals surface area (Å²) >= 11 is 0. The fourth-order valence-electron chi connectivity index (χ4n) is 1.91. The first-order valence-corrected chi connectivity index (χ1v) is 5.87. The van der Waals surface area contributed by atoms with Crippen LogP contribution in [0.1, 0.15) is 27.2 Å². The van der Waals surface area contributed by atoms with Crippen molar-refractivity contribution in [3.63, 3.8) is 0 Å². The maximum Gasteiger partial charge on any atom is 0.249 e. The molecule has 0 bridgehead atoms. The summed E-state index contributed by atoms with van der Waals surface area (Å²) in [6.07, 6.45) is 2.95. The van der Waals surface area contributed by atoms with Crippen molar-refractivity contribution in [3.8, 4) is 0 Å². The first-order valence-electron chi connectivity index (χ1n) is 5.87. The van der Waals surface area contributed by atoms with E-state index in [2.05, 4.69) is 18.7 Å². The SMILES string of the molecule is CC/C=C(/C)C(=O)N1CCN(CC)CC1. The molecule has 0 unspecified atom stereocenters. The number of nitrogens with zero attached hydrogens (tertiary/aromatic N) is 2. The van der Waals surface area contributed by atoms with Crippen LogP contribution < -0.4 is 0 Å². The van der Waals surface area contributed by atoms with E-state index < -0.39 is 0 Å². The van der Waals surface area contributed by atoms with Crippen LogP contribution in [-0.4, -0.2) is 48.4 Å². The molecule has 1 rings (SSSR count). The lowest BCUT2D eigenvalue weighted by Crippen LogP contribution is -2.48. The average molecular weight is 210 g/mol. The summed E-state index contributed by atoms with van der Waals surface area (Å²) in [7, 11) is 0. The Morgan fingerprint density at radius 2 is 1.80 bits per heavy atom. The van der Waals surface area contributed by atoms with Gasteiger partial charge in [0.05, 0.1) is 0 Å². The van der Waals surface area contributed by atoms with Crippen molar-refractivity contribution >= 4 is 5.91 Å². The van der Waals surface area contributed by atoms with E-state index in [0.717, 1.165) is 44.7 Å². The summed E-state index contributed by atoms with van der Waals surface area (Å²) in [5, 5.41) is 0. The molecule has 1 amide bonds. The predicted octanol–water partition coefficient (Wildman–Crippen LogP) is 1.51. The highest BCUT2D eigenvalue weighted by atomic mass is 16.2. The van der Waals surface area contributed by atoms with Crippen LogP contribution in [0.2, 0.25) is 0 Å². The van der Waals surface area contributed by atoms with Crippen molar-refractivity contribution in [2.45, 2.75) is 27.2 Å². The molecule has 1 aliphatic rings. The van der Waals surface area contributed by atoms with Crippen molar-refractivity contribution in [1.82, 2.24) is 9.80 Å². The fourth-order valence-corrected chi connectivity index (χ4v) is 1.91. The Morgan fingerprint density at radius 1 is 1.20 bits per heavy atom. The summed E-state index contributed by atoms with van der Waals surface area (Å²) in [5.41, 5.74) is 0.891. The predicted molar refractivity (Wildman–Crippen MR) is 62.7 cm³/mol. The number of carbonyl (C=O) groups excluding carboxylic acids is 1. The molecule has 0 N–H and O–H groups in total. The first kappa shape index (κ1) is 12.2. The van der Waals surface area contributed by atoms with Crippen LogP contribution in [0.5, 0.6) is 0 Å². The van der Waals surface area contributed by atoms with Gasteiger partial charge in [-0.25, -0.2) is 0 Å². The summed E-state index contributed by atoms with van der Waals surface area (Å²) < 4.78 is 0. The topological polar surface area (TPSA) is 23.6 Å². The number of amides is 1. The van der Waals surface area contributed by atoms with E-state index >= 15 is 0 Å². The second-order valence-electron chi connectivity index (χ2n) is 4.02. The van der Waals surface area contributed by atoms with Gasteiger partial charge in [0.1, 0.15) is 0 Å². The van der Waals surface area contributed by atoms with E-state index in [1.165, 1.54) is 0 Å². The molecule has 1 heterocycles. The molecule has 0 atom stereocenters. The van der Waals surface area contributed by atoms with Gasteiger partial charge in [0.2, 0.25) is 5.91 Å². The molecule has 0 aliphatic carbocycles. The van der Waals surface area contributed by atoms with Crippen LogP contribution in [0.4, 0.5) is 0 Å². The maximum atomic E-state index is 11.9. The van der Waals surface area contributed by atoms with Crippen LogP contribution in [0, 0.1) is 0 Å². The van der Waals surface area contributed by atoms with Gasteiger partial charge in [-0.1, -0.05) is 19.9 Å². The number of hydrogen-bond acceptors (Lipinski definition) is 2. The Bertz CT molecular complexity index is 240. The third kappa shape index (κ3) is 3.34. The van der Waals surface area contributed by atoms with Crippen LogP contribution in [0.15, 0.2) is 11.6 Å². The molecule has 86 valence electrons. The highest BCUT2D eigenvalue weighted by Gasteiger charge is 2.20. The highest BCUT2D eigenvalue weighted by Crippen LogP contribution is 2.07. The quantitative estimate of drug-likeness (QED) is 0.659. The standard InChI is InChI=1S/C12H22N2O/c1-4-6-11(3)12(15)14-9-7-13(5-2)8-10-14/h6H,4-5,7-10H2,1-3H3/b11-6-. The average Bonchev–Trinajstić information content (AvgIpc) is 2.28. The van der Waals surface area contributed by atoms with Crippen molar-refractivity contribution in [1.29, 1.82) is 0 Å². The molecule has 3 heteroatoms. The summed E-state index contributed by atoms with van der Waals surface area (Å²) in [6.45, 7) is 11.0. The number of rotatable bonds is 3. The monoisotopic (exact) mass is 210 g/mol. The number of likely N-dealkylation sites (N-methyl/N-ethyl adjacent to an activating group) is 1. The Morgan fingerprint density at radius 3 is 2.27 bits per heavy atom. The fraction of sp³-hybridized carbons (Fsp3) is 0.750. The van der Waals surface area contributed by atoms with Gasteiger partial charge in [0, 0.05) is 31.8 Å². The third-order valence-electron chi connectivity index (χ3n) is 2.95. The zero-order valence-corrected chi connectivity index (χ0v) is 10.1. The van der Waals surface area contributed by atoms with Gasteiger partial charge in [-0.05, 0) is 19.9 Å². The van der Waals surface area contributed by atoms with E-state index in [1.807, 2.05) is 17.9 Å². The molecule has 0 aromatic carbocycles. The molecule has 1 saturated heterocycles. The Balaban J connectivity index is 2.46. The lowest BCUT2D eigenvalue weighted by atomic mass is 10.2. The van der Waals surface area contributed by atoms with Crippen molar-refractivity contribution in [2.24, 2.45) is 0 Å². The van der Waals surface area contributed by atoms with Gasteiger partial charge in [-0.3, -0.25) is 4.79 Å². The van der Waals surface area contributed by atoms with Gasteiger partial charge in [-0.2, -0.15) is 0 Å². The normalized spacial score (nSPS) is 19.4. The van der Waals surface area contributed by atoms with Gasteiger partial charge in [0.25, 0.3) is 0 Å². The minimum absolute atomic E-state index is 0.215. The van der Waals surface area contributed by atoms with Crippen LogP contribution in [0.25, 0.3) is 0 Å². The van der Waals surface area contributed by atoms with Crippen LogP contribution in [0.3, 0.4) is 0 Å². The molecule has 15 heavy (non-hydrogen) atoms. The second-order valence-corrected chi connectivity index (χ2v) is 4.02. The maximum absolute atomic E-state index is 11.9. The largest absolute Gasteiger partial charge is 0.336 e. The molecule has 1 fully saturated rings. The number of allylic oxidation sites excluding steroid dienone is 1.